The van der Waals surface area contributed by atoms with Crippen molar-refractivity contribution < 1.29 is 4.79 Å². The number of piperidine rings is 1. The van der Waals surface area contributed by atoms with Gasteiger partial charge >= 0.3 is 0 Å². The van der Waals surface area contributed by atoms with Gasteiger partial charge in [0.2, 0.25) is 5.91 Å². The van der Waals surface area contributed by atoms with Gasteiger partial charge in [-0.15, -0.1) is 0 Å². The van der Waals surface area contributed by atoms with Crippen LogP contribution in [0.5, 0.6) is 0 Å². The molecule has 7 nitrogen and oxygen atoms in total. The van der Waals surface area contributed by atoms with Gasteiger partial charge in [-0.2, -0.15) is 0 Å². The van der Waals surface area contributed by atoms with E-state index in [1.54, 1.807) is 0 Å². The predicted octanol–water partition coefficient (Wildman–Crippen LogP) is 0.896. The van der Waals surface area contributed by atoms with E-state index in [1.807, 2.05) is 20.8 Å². The minimum absolute atomic E-state index is 0.0277. The summed E-state index contributed by atoms with van der Waals surface area (Å²) in [6.45, 7) is 7.59. The van der Waals surface area contributed by atoms with Crippen LogP contribution in [0.1, 0.15) is 44.0 Å². The molecule has 0 aromatic carbocycles. The summed E-state index contributed by atoms with van der Waals surface area (Å²) in [7, 11) is 0. The minimum atomic E-state index is -0.207. The Morgan fingerprint density at radius 2 is 1.95 bits per heavy atom. The van der Waals surface area contributed by atoms with E-state index in [0.717, 1.165) is 43.1 Å². The van der Waals surface area contributed by atoms with Crippen LogP contribution in [0.25, 0.3) is 0 Å². The first-order valence-electron chi connectivity index (χ1n) is 7.33. The molecule has 2 rings (SSSR count). The maximum atomic E-state index is 11.3. The molecule has 5 N–H and O–H groups in total. The molecule has 1 amide bonds. The molecule has 1 saturated heterocycles. The molecule has 1 aliphatic rings. The van der Waals surface area contributed by atoms with Crippen LogP contribution >= 0.6 is 0 Å². The molecule has 0 radical (unpaired) electrons. The summed E-state index contributed by atoms with van der Waals surface area (Å²) in [5.41, 5.74) is 8.96. The molecular formula is C14H24N6O. The predicted molar refractivity (Wildman–Crippen MR) is 82.8 cm³/mol. The van der Waals surface area contributed by atoms with Crippen LogP contribution in [-0.2, 0) is 4.79 Å². The van der Waals surface area contributed by atoms with E-state index in [0.29, 0.717) is 5.82 Å². The number of carbonyl (C=O) groups is 1. The number of nitrogens with one attached hydrogen (secondary N) is 1. The number of hydrogen-bond acceptors (Lipinski definition) is 6. The fraction of sp³-hybridized carbons (Fsp3) is 0.643. The van der Waals surface area contributed by atoms with Gasteiger partial charge in [-0.3, -0.25) is 4.79 Å². The van der Waals surface area contributed by atoms with Gasteiger partial charge in [0.15, 0.2) is 0 Å². The minimum Gasteiger partial charge on any atom is -0.369 e. The molecule has 1 aromatic rings. The lowest BCUT2D eigenvalue weighted by Gasteiger charge is -2.33. The van der Waals surface area contributed by atoms with E-state index in [-0.39, 0.29) is 17.7 Å². The molecule has 1 fully saturated rings. The van der Waals surface area contributed by atoms with Gasteiger partial charge in [0.05, 0.1) is 0 Å². The molecule has 0 saturated carbocycles. The Balaban J connectivity index is 2.27. The van der Waals surface area contributed by atoms with E-state index in [4.69, 9.17) is 11.6 Å². The Kier molecular flexibility index (Phi) is 4.62. The molecule has 21 heavy (non-hydrogen) atoms. The number of hydrazine groups is 1. The molecule has 0 aliphatic carbocycles. The number of nitrogen functional groups attached to an aromatic ring is 1. The number of hydrogen-bond donors (Lipinski definition) is 3. The smallest absolute Gasteiger partial charge is 0.220 e. The van der Waals surface area contributed by atoms with Crippen molar-refractivity contribution in [1.82, 2.24) is 9.97 Å². The van der Waals surface area contributed by atoms with Gasteiger partial charge in [0.25, 0.3) is 0 Å². The van der Waals surface area contributed by atoms with Crippen LogP contribution in [0.4, 0.5) is 11.6 Å². The summed E-state index contributed by atoms with van der Waals surface area (Å²) in [4.78, 5) is 22.6. The van der Waals surface area contributed by atoms with Gasteiger partial charge in [-0.05, 0) is 19.8 Å². The largest absolute Gasteiger partial charge is 0.369 e. The molecule has 0 spiro atoms. The van der Waals surface area contributed by atoms with Crippen molar-refractivity contribution in [2.75, 3.05) is 23.4 Å². The normalized spacial score (nSPS) is 16.3. The second-order valence-corrected chi connectivity index (χ2v) is 5.84. The average molecular weight is 292 g/mol. The second-order valence-electron chi connectivity index (χ2n) is 5.84. The second kappa shape index (κ2) is 6.26. The van der Waals surface area contributed by atoms with Crippen molar-refractivity contribution in [1.29, 1.82) is 0 Å². The molecule has 1 aliphatic heterocycles. The molecular weight excluding hydrogens is 268 g/mol. The zero-order chi connectivity index (χ0) is 15.6. The molecule has 2 heterocycles. The monoisotopic (exact) mass is 292 g/mol. The zero-order valence-electron chi connectivity index (χ0n) is 12.9. The molecule has 0 bridgehead atoms. The summed E-state index contributed by atoms with van der Waals surface area (Å²) in [6.07, 6.45) is 1.53. The molecule has 1 aromatic heterocycles. The third-order valence-corrected chi connectivity index (χ3v) is 3.99. The maximum Gasteiger partial charge on any atom is 0.220 e. The van der Waals surface area contributed by atoms with Gasteiger partial charge < -0.3 is 16.1 Å². The van der Waals surface area contributed by atoms with E-state index >= 15 is 0 Å². The summed E-state index contributed by atoms with van der Waals surface area (Å²) < 4.78 is 0. The Bertz CT molecular complexity index is 522. The lowest BCUT2D eigenvalue weighted by atomic mass is 9.96. The van der Waals surface area contributed by atoms with Gasteiger partial charge in [0, 0.05) is 30.5 Å². The maximum absolute atomic E-state index is 11.3. The van der Waals surface area contributed by atoms with E-state index in [9.17, 15) is 4.79 Å². The first-order chi connectivity index (χ1) is 9.93. The molecule has 7 heteroatoms. The fourth-order valence-electron chi connectivity index (χ4n) is 2.60. The highest BCUT2D eigenvalue weighted by atomic mass is 16.1. The number of rotatable bonds is 4. The standard InChI is InChI=1S/C14H24N6O/c1-8(2)12-17-13(19-16)9(3)14(18-12)20-6-4-10(5-7-20)11(15)21/h8,10H,4-7,16H2,1-3H3,(H2,15,21)(H,17,18,19). The van der Waals surface area contributed by atoms with Crippen LogP contribution in [0.15, 0.2) is 0 Å². The van der Waals surface area contributed by atoms with Crippen molar-refractivity contribution >= 4 is 17.5 Å². The SMILES string of the molecule is Cc1c(NN)nc(C(C)C)nc1N1CCC(C(N)=O)CC1. The summed E-state index contributed by atoms with van der Waals surface area (Å²) >= 11 is 0. The first-order valence-corrected chi connectivity index (χ1v) is 7.33. The van der Waals surface area contributed by atoms with Crippen molar-refractivity contribution in [3.63, 3.8) is 0 Å². The molecule has 0 atom stereocenters. The van der Waals surface area contributed by atoms with Gasteiger partial charge in [-0.25, -0.2) is 15.8 Å². The summed E-state index contributed by atoms with van der Waals surface area (Å²) in [6, 6.07) is 0. The van der Waals surface area contributed by atoms with E-state index < -0.39 is 0 Å². The van der Waals surface area contributed by atoms with Crippen molar-refractivity contribution in [2.45, 2.75) is 39.5 Å². The van der Waals surface area contributed by atoms with Crippen LogP contribution in [0, 0.1) is 12.8 Å². The molecule has 116 valence electrons. The number of nitrogens with two attached hydrogens (primary N) is 2. The number of nitrogens with zero attached hydrogens (tertiary/aromatic N) is 3. The number of carbonyl (C=O) groups excluding carboxylic acids is 1. The van der Waals surface area contributed by atoms with Crippen molar-refractivity contribution in [3.8, 4) is 0 Å². The zero-order valence-corrected chi connectivity index (χ0v) is 12.9. The topological polar surface area (TPSA) is 110 Å². The number of anilines is 2. The summed E-state index contributed by atoms with van der Waals surface area (Å²) in [5.74, 6) is 7.86. The molecule has 0 unspecified atom stereocenters. The van der Waals surface area contributed by atoms with Crippen LogP contribution in [0.3, 0.4) is 0 Å². The van der Waals surface area contributed by atoms with Gasteiger partial charge in [0.1, 0.15) is 17.5 Å². The van der Waals surface area contributed by atoms with E-state index in [1.165, 1.54) is 0 Å². The Labute approximate surface area is 125 Å². The summed E-state index contributed by atoms with van der Waals surface area (Å²) in [5, 5.41) is 0. The van der Waals surface area contributed by atoms with Gasteiger partial charge in [-0.1, -0.05) is 13.8 Å². The van der Waals surface area contributed by atoms with Crippen LogP contribution in [0.2, 0.25) is 0 Å². The van der Waals surface area contributed by atoms with E-state index in [2.05, 4.69) is 20.3 Å². The Hall–Kier alpha value is -1.89. The third kappa shape index (κ3) is 3.24. The lowest BCUT2D eigenvalue weighted by Crippen LogP contribution is -2.39. The number of primary amides is 1. The number of amides is 1. The van der Waals surface area contributed by atoms with Crippen molar-refractivity contribution in [2.24, 2.45) is 17.5 Å². The third-order valence-electron chi connectivity index (χ3n) is 3.99. The van der Waals surface area contributed by atoms with Crippen LogP contribution < -0.4 is 21.9 Å². The Morgan fingerprint density at radius 1 is 1.33 bits per heavy atom. The lowest BCUT2D eigenvalue weighted by molar-refractivity contribution is -0.122. The average Bonchev–Trinajstić information content (AvgIpc) is 2.47. The highest BCUT2D eigenvalue weighted by Crippen LogP contribution is 2.29. The highest BCUT2D eigenvalue weighted by molar-refractivity contribution is 5.77. The highest BCUT2D eigenvalue weighted by Gasteiger charge is 2.26. The Morgan fingerprint density at radius 3 is 2.43 bits per heavy atom. The van der Waals surface area contributed by atoms with Crippen molar-refractivity contribution in [3.05, 3.63) is 11.4 Å². The fourth-order valence-corrected chi connectivity index (χ4v) is 2.60. The number of aromatic nitrogens is 2. The first kappa shape index (κ1) is 15.5. The quantitative estimate of drug-likeness (QED) is 0.561. The van der Waals surface area contributed by atoms with Crippen LogP contribution in [-0.4, -0.2) is 29.0 Å².